The van der Waals surface area contributed by atoms with Crippen molar-refractivity contribution in [3.8, 4) is 0 Å². The van der Waals surface area contributed by atoms with Crippen molar-refractivity contribution in [3.63, 3.8) is 0 Å². The zero-order valence-electron chi connectivity index (χ0n) is 12.2. The number of nitrogens with two attached hydrogens (primary N) is 1. The van der Waals surface area contributed by atoms with Gasteiger partial charge >= 0.3 is 0 Å². The number of halogens is 1. The second-order valence-electron chi connectivity index (χ2n) is 5.48. The van der Waals surface area contributed by atoms with Crippen molar-refractivity contribution < 1.29 is 9.90 Å². The summed E-state index contributed by atoms with van der Waals surface area (Å²) < 4.78 is 0. The third-order valence-electron chi connectivity index (χ3n) is 4.05. The molecule has 0 radical (unpaired) electrons. The first-order valence-electron chi connectivity index (χ1n) is 7.16. The van der Waals surface area contributed by atoms with Crippen molar-refractivity contribution in [3.05, 3.63) is 34.9 Å². The Hall–Kier alpha value is -1.14. The highest BCUT2D eigenvalue weighted by atomic mass is 35.5. The van der Waals surface area contributed by atoms with Crippen LogP contribution in [0.15, 0.2) is 24.3 Å². The fourth-order valence-electron chi connectivity index (χ4n) is 2.55. The number of benzene rings is 1. The van der Waals surface area contributed by atoms with Crippen molar-refractivity contribution in [1.29, 1.82) is 0 Å². The van der Waals surface area contributed by atoms with Crippen LogP contribution in [0, 0.1) is 0 Å². The van der Waals surface area contributed by atoms with Crippen LogP contribution >= 0.6 is 11.6 Å². The number of nitrogens with zero attached hydrogens (tertiary/aromatic N) is 2. The maximum Gasteiger partial charge on any atom is 0.234 e. The SMILES string of the molecule is CC(C(N)=O)N1CCN(CC(O)c2ccc(Cl)cc2)CC1. The van der Waals surface area contributed by atoms with E-state index in [2.05, 4.69) is 9.80 Å². The number of piperazine rings is 1. The molecule has 2 atom stereocenters. The van der Waals surface area contributed by atoms with Crippen LogP contribution in [0.5, 0.6) is 0 Å². The van der Waals surface area contributed by atoms with E-state index in [1.54, 1.807) is 12.1 Å². The largest absolute Gasteiger partial charge is 0.387 e. The van der Waals surface area contributed by atoms with E-state index < -0.39 is 6.10 Å². The summed E-state index contributed by atoms with van der Waals surface area (Å²) in [6, 6.07) is 7.03. The predicted octanol–water partition coefficient (Wildman–Crippen LogP) is 0.865. The minimum absolute atomic E-state index is 0.228. The molecule has 1 aromatic rings. The molecule has 1 aromatic carbocycles. The fraction of sp³-hybridized carbons (Fsp3) is 0.533. The highest BCUT2D eigenvalue weighted by Crippen LogP contribution is 2.18. The number of aliphatic hydroxyl groups is 1. The Morgan fingerprint density at radius 3 is 2.38 bits per heavy atom. The van der Waals surface area contributed by atoms with Gasteiger partial charge in [0.2, 0.25) is 5.91 Å². The Balaban J connectivity index is 1.83. The average molecular weight is 312 g/mol. The molecular formula is C15H22ClN3O2. The summed E-state index contributed by atoms with van der Waals surface area (Å²) in [5.74, 6) is -0.287. The van der Waals surface area contributed by atoms with E-state index in [0.29, 0.717) is 11.6 Å². The lowest BCUT2D eigenvalue weighted by Crippen LogP contribution is -2.53. The summed E-state index contributed by atoms with van der Waals surface area (Å²) in [4.78, 5) is 15.5. The minimum atomic E-state index is -0.526. The van der Waals surface area contributed by atoms with E-state index in [-0.39, 0.29) is 11.9 Å². The number of aliphatic hydroxyl groups excluding tert-OH is 1. The monoisotopic (exact) mass is 311 g/mol. The fourth-order valence-corrected chi connectivity index (χ4v) is 2.67. The van der Waals surface area contributed by atoms with Gasteiger partial charge in [0, 0.05) is 37.7 Å². The molecule has 1 fully saturated rings. The Morgan fingerprint density at radius 2 is 1.86 bits per heavy atom. The van der Waals surface area contributed by atoms with E-state index >= 15 is 0 Å². The molecular weight excluding hydrogens is 290 g/mol. The quantitative estimate of drug-likeness (QED) is 0.846. The number of hydrogen-bond donors (Lipinski definition) is 2. The Labute approximate surface area is 130 Å². The summed E-state index contributed by atoms with van der Waals surface area (Å²) in [6.45, 7) is 5.64. The topological polar surface area (TPSA) is 69.8 Å². The van der Waals surface area contributed by atoms with Gasteiger partial charge in [0.15, 0.2) is 0 Å². The second kappa shape index (κ2) is 7.22. The van der Waals surface area contributed by atoms with Crippen LogP contribution in [0.2, 0.25) is 5.02 Å². The molecule has 1 heterocycles. The molecule has 2 unspecified atom stereocenters. The smallest absolute Gasteiger partial charge is 0.234 e. The molecule has 2 rings (SSSR count). The van der Waals surface area contributed by atoms with Crippen LogP contribution < -0.4 is 5.73 Å². The van der Waals surface area contributed by atoms with E-state index in [0.717, 1.165) is 31.7 Å². The van der Waals surface area contributed by atoms with Crippen LogP contribution in [0.1, 0.15) is 18.6 Å². The van der Waals surface area contributed by atoms with Gasteiger partial charge in [-0.2, -0.15) is 0 Å². The second-order valence-corrected chi connectivity index (χ2v) is 5.92. The van der Waals surface area contributed by atoms with Crippen molar-refractivity contribution in [2.45, 2.75) is 19.1 Å². The molecule has 1 saturated heterocycles. The lowest BCUT2D eigenvalue weighted by Gasteiger charge is -2.37. The van der Waals surface area contributed by atoms with Crippen molar-refractivity contribution in [2.75, 3.05) is 32.7 Å². The summed E-state index contributed by atoms with van der Waals surface area (Å²) in [6.07, 6.45) is -0.526. The normalized spacial score (nSPS) is 20.1. The highest BCUT2D eigenvalue weighted by Gasteiger charge is 2.25. The minimum Gasteiger partial charge on any atom is -0.387 e. The van der Waals surface area contributed by atoms with Gasteiger partial charge in [-0.05, 0) is 24.6 Å². The maximum atomic E-state index is 11.2. The van der Waals surface area contributed by atoms with Gasteiger partial charge in [0.1, 0.15) is 0 Å². The van der Waals surface area contributed by atoms with Crippen molar-refractivity contribution in [1.82, 2.24) is 9.80 Å². The molecule has 1 amide bonds. The molecule has 1 aliphatic heterocycles. The summed E-state index contributed by atoms with van der Waals surface area (Å²) in [5, 5.41) is 10.9. The molecule has 6 heteroatoms. The molecule has 0 aliphatic carbocycles. The van der Waals surface area contributed by atoms with Crippen LogP contribution in [0.4, 0.5) is 0 Å². The first kappa shape index (κ1) is 16.2. The van der Waals surface area contributed by atoms with Gasteiger partial charge in [-0.25, -0.2) is 0 Å². The van der Waals surface area contributed by atoms with Gasteiger partial charge < -0.3 is 10.8 Å². The number of primary amides is 1. The summed E-state index contributed by atoms with van der Waals surface area (Å²) in [7, 11) is 0. The standard InChI is InChI=1S/C15H22ClN3O2/c1-11(15(17)21)19-8-6-18(7-9-19)10-14(20)12-2-4-13(16)5-3-12/h2-5,11,14,20H,6-10H2,1H3,(H2,17,21). The van der Waals surface area contributed by atoms with Gasteiger partial charge in [0.05, 0.1) is 12.1 Å². The van der Waals surface area contributed by atoms with Crippen molar-refractivity contribution >= 4 is 17.5 Å². The first-order chi connectivity index (χ1) is 9.97. The Bertz CT molecular complexity index is 472. The third kappa shape index (κ3) is 4.41. The van der Waals surface area contributed by atoms with E-state index in [1.165, 1.54) is 0 Å². The molecule has 0 aromatic heterocycles. The zero-order chi connectivity index (χ0) is 15.4. The van der Waals surface area contributed by atoms with Crippen LogP contribution in [-0.2, 0) is 4.79 Å². The lowest BCUT2D eigenvalue weighted by atomic mass is 10.1. The highest BCUT2D eigenvalue weighted by molar-refractivity contribution is 6.30. The molecule has 0 spiro atoms. The van der Waals surface area contributed by atoms with Crippen LogP contribution in [-0.4, -0.2) is 59.6 Å². The Kier molecular flexibility index (Phi) is 5.58. The molecule has 21 heavy (non-hydrogen) atoms. The summed E-state index contributed by atoms with van der Waals surface area (Å²) in [5.41, 5.74) is 6.19. The van der Waals surface area contributed by atoms with E-state index in [1.807, 2.05) is 19.1 Å². The van der Waals surface area contributed by atoms with E-state index in [9.17, 15) is 9.90 Å². The number of β-amino-alcohol motifs (C(OH)–C–C–N with tert-alkyl or cyclic N) is 1. The summed E-state index contributed by atoms with van der Waals surface area (Å²) >= 11 is 5.84. The lowest BCUT2D eigenvalue weighted by molar-refractivity contribution is -0.123. The molecule has 3 N–H and O–H groups in total. The number of hydrogen-bond acceptors (Lipinski definition) is 4. The van der Waals surface area contributed by atoms with E-state index in [4.69, 9.17) is 17.3 Å². The third-order valence-corrected chi connectivity index (χ3v) is 4.30. The number of rotatable bonds is 5. The molecule has 1 aliphatic rings. The van der Waals surface area contributed by atoms with Gasteiger partial charge in [-0.3, -0.25) is 14.6 Å². The predicted molar refractivity (Wildman–Crippen MR) is 83.1 cm³/mol. The average Bonchev–Trinajstić information content (AvgIpc) is 2.47. The Morgan fingerprint density at radius 1 is 1.29 bits per heavy atom. The van der Waals surface area contributed by atoms with Crippen LogP contribution in [0.3, 0.4) is 0 Å². The first-order valence-corrected chi connectivity index (χ1v) is 7.54. The maximum absolute atomic E-state index is 11.2. The number of carbonyl (C=O) groups is 1. The number of carbonyl (C=O) groups excluding carboxylic acids is 1. The molecule has 116 valence electrons. The molecule has 0 bridgehead atoms. The molecule has 5 nitrogen and oxygen atoms in total. The van der Waals surface area contributed by atoms with Gasteiger partial charge in [-0.15, -0.1) is 0 Å². The van der Waals surface area contributed by atoms with Crippen LogP contribution in [0.25, 0.3) is 0 Å². The molecule has 0 saturated carbocycles. The zero-order valence-corrected chi connectivity index (χ0v) is 13.0. The van der Waals surface area contributed by atoms with Crippen molar-refractivity contribution in [2.24, 2.45) is 5.73 Å². The van der Waals surface area contributed by atoms with Gasteiger partial charge in [0.25, 0.3) is 0 Å². The van der Waals surface area contributed by atoms with Gasteiger partial charge in [-0.1, -0.05) is 23.7 Å². The number of amides is 1.